The third-order valence-electron chi connectivity index (χ3n) is 4.40. The molecule has 4 nitrogen and oxygen atoms in total. The number of nitrogens with zero attached hydrogens (tertiary/aromatic N) is 1. The lowest BCUT2D eigenvalue weighted by Crippen LogP contribution is -2.45. The van der Waals surface area contributed by atoms with Crippen molar-refractivity contribution in [1.82, 2.24) is 10.2 Å². The Morgan fingerprint density at radius 3 is 2.80 bits per heavy atom. The smallest absolute Gasteiger partial charge is 0.227 e. The van der Waals surface area contributed by atoms with Crippen LogP contribution in [-0.4, -0.2) is 29.8 Å². The Balaban J connectivity index is 1.51. The van der Waals surface area contributed by atoms with Crippen LogP contribution in [0.2, 0.25) is 0 Å². The van der Waals surface area contributed by atoms with Crippen LogP contribution < -0.4 is 5.32 Å². The minimum Gasteiger partial charge on any atom is -0.351 e. The number of benzene rings is 1. The maximum absolute atomic E-state index is 12.5. The summed E-state index contributed by atoms with van der Waals surface area (Å²) in [5.74, 6) is 0.0319. The van der Waals surface area contributed by atoms with Crippen LogP contribution in [-0.2, 0) is 22.6 Å². The molecular formula is C19H21BrN2O2S. The molecule has 3 rings (SSSR count). The molecule has 2 heterocycles. The number of amides is 2. The van der Waals surface area contributed by atoms with Crippen molar-refractivity contribution in [3.63, 3.8) is 0 Å². The predicted octanol–water partition coefficient (Wildman–Crippen LogP) is 3.61. The molecule has 1 atom stereocenters. The third kappa shape index (κ3) is 5.16. The van der Waals surface area contributed by atoms with E-state index in [2.05, 4.69) is 21.2 Å². The average Bonchev–Trinajstić information content (AvgIpc) is 3.06. The second-order valence-electron chi connectivity index (χ2n) is 6.29. The molecule has 1 N–H and O–H groups in total. The van der Waals surface area contributed by atoms with Crippen molar-refractivity contribution >= 4 is 39.1 Å². The molecule has 1 aliphatic rings. The fraction of sp³-hybridized carbons (Fsp3) is 0.368. The van der Waals surface area contributed by atoms with E-state index in [9.17, 15) is 9.59 Å². The SMILES string of the molecule is O=C(NCc1cc(Br)cs1)C1CCCN(C(=O)Cc2ccccc2)C1. The molecule has 0 aliphatic carbocycles. The van der Waals surface area contributed by atoms with E-state index in [1.54, 1.807) is 11.3 Å². The van der Waals surface area contributed by atoms with E-state index >= 15 is 0 Å². The van der Waals surface area contributed by atoms with Crippen molar-refractivity contribution in [3.8, 4) is 0 Å². The van der Waals surface area contributed by atoms with Gasteiger partial charge in [0, 0.05) is 27.8 Å². The first-order valence-corrected chi connectivity index (χ1v) is 10.1. The zero-order valence-corrected chi connectivity index (χ0v) is 16.3. The number of nitrogens with one attached hydrogen (secondary N) is 1. The van der Waals surface area contributed by atoms with E-state index in [4.69, 9.17) is 0 Å². The Bertz CT molecular complexity index is 732. The van der Waals surface area contributed by atoms with Gasteiger partial charge in [0.05, 0.1) is 18.9 Å². The Hall–Kier alpha value is -1.66. The van der Waals surface area contributed by atoms with Crippen LogP contribution in [0.3, 0.4) is 0 Å². The number of rotatable bonds is 5. The van der Waals surface area contributed by atoms with E-state index in [0.29, 0.717) is 19.5 Å². The van der Waals surface area contributed by atoms with E-state index in [0.717, 1.165) is 34.3 Å². The van der Waals surface area contributed by atoms with Gasteiger partial charge in [0.1, 0.15) is 0 Å². The molecule has 0 radical (unpaired) electrons. The highest BCUT2D eigenvalue weighted by atomic mass is 79.9. The summed E-state index contributed by atoms with van der Waals surface area (Å²) in [6, 6.07) is 11.8. The number of thiophene rings is 1. The third-order valence-corrected chi connectivity index (χ3v) is 6.10. The molecule has 1 unspecified atom stereocenters. The molecule has 6 heteroatoms. The number of likely N-dealkylation sites (tertiary alicyclic amines) is 1. The maximum Gasteiger partial charge on any atom is 0.227 e. The van der Waals surface area contributed by atoms with E-state index in [-0.39, 0.29) is 17.7 Å². The molecule has 1 fully saturated rings. The summed E-state index contributed by atoms with van der Waals surface area (Å²) in [7, 11) is 0. The van der Waals surface area contributed by atoms with Crippen molar-refractivity contribution < 1.29 is 9.59 Å². The maximum atomic E-state index is 12.5. The first-order valence-electron chi connectivity index (χ1n) is 8.44. The summed E-state index contributed by atoms with van der Waals surface area (Å²) >= 11 is 5.04. The van der Waals surface area contributed by atoms with Gasteiger partial charge in [-0.1, -0.05) is 30.3 Å². The Morgan fingerprint density at radius 1 is 1.28 bits per heavy atom. The summed E-state index contributed by atoms with van der Waals surface area (Å²) in [5, 5.41) is 5.01. The molecule has 2 aromatic rings. The first-order chi connectivity index (χ1) is 12.1. The van der Waals surface area contributed by atoms with Crippen molar-refractivity contribution in [1.29, 1.82) is 0 Å². The summed E-state index contributed by atoms with van der Waals surface area (Å²) in [6.45, 7) is 1.81. The van der Waals surface area contributed by atoms with E-state index in [1.807, 2.05) is 46.7 Å². The van der Waals surface area contributed by atoms with Crippen LogP contribution in [0, 0.1) is 5.92 Å². The standard InChI is InChI=1S/C19H21BrN2O2S/c20-16-10-17(25-13-16)11-21-19(24)15-7-4-8-22(12-15)18(23)9-14-5-2-1-3-6-14/h1-3,5-6,10,13,15H,4,7-9,11-12H2,(H,21,24). The topological polar surface area (TPSA) is 49.4 Å². The highest BCUT2D eigenvalue weighted by molar-refractivity contribution is 9.10. The molecule has 0 bridgehead atoms. The molecule has 0 spiro atoms. The molecule has 1 aromatic carbocycles. The lowest BCUT2D eigenvalue weighted by atomic mass is 9.96. The van der Waals surface area contributed by atoms with E-state index in [1.165, 1.54) is 0 Å². The van der Waals surface area contributed by atoms with Crippen LogP contribution >= 0.6 is 27.3 Å². The minimum atomic E-state index is -0.114. The predicted molar refractivity (Wildman–Crippen MR) is 103 cm³/mol. The first kappa shape index (κ1) is 18.1. The van der Waals surface area contributed by atoms with Gasteiger partial charge < -0.3 is 10.2 Å². The average molecular weight is 421 g/mol. The summed E-state index contributed by atoms with van der Waals surface area (Å²) in [4.78, 5) is 27.9. The van der Waals surface area contributed by atoms with Crippen LogP contribution in [0.1, 0.15) is 23.3 Å². The second-order valence-corrected chi connectivity index (χ2v) is 8.20. The number of carbonyl (C=O) groups is 2. The molecule has 0 saturated carbocycles. The molecular weight excluding hydrogens is 400 g/mol. The van der Waals surface area contributed by atoms with Crippen LogP contribution in [0.15, 0.2) is 46.3 Å². The van der Waals surface area contributed by atoms with Gasteiger partial charge in [-0.05, 0) is 40.4 Å². The summed E-state index contributed by atoms with van der Waals surface area (Å²) in [6.07, 6.45) is 2.12. The van der Waals surface area contributed by atoms with E-state index < -0.39 is 0 Å². The van der Waals surface area contributed by atoms with Gasteiger partial charge in [0.25, 0.3) is 0 Å². The second kappa shape index (κ2) is 8.63. The Morgan fingerprint density at radius 2 is 2.08 bits per heavy atom. The van der Waals surface area contributed by atoms with Crippen molar-refractivity contribution in [2.75, 3.05) is 13.1 Å². The zero-order valence-electron chi connectivity index (χ0n) is 13.9. The highest BCUT2D eigenvalue weighted by Gasteiger charge is 2.28. The van der Waals surface area contributed by atoms with Gasteiger partial charge in [-0.2, -0.15) is 0 Å². The number of hydrogen-bond acceptors (Lipinski definition) is 3. The van der Waals surface area contributed by atoms with Crippen molar-refractivity contribution in [3.05, 3.63) is 56.7 Å². The van der Waals surface area contributed by atoms with Gasteiger partial charge >= 0.3 is 0 Å². The van der Waals surface area contributed by atoms with Gasteiger partial charge in [-0.3, -0.25) is 9.59 Å². The lowest BCUT2D eigenvalue weighted by molar-refractivity contribution is -0.135. The fourth-order valence-electron chi connectivity index (χ4n) is 3.07. The highest BCUT2D eigenvalue weighted by Crippen LogP contribution is 2.21. The number of halogens is 1. The lowest BCUT2D eigenvalue weighted by Gasteiger charge is -2.32. The number of piperidine rings is 1. The monoisotopic (exact) mass is 420 g/mol. The fourth-order valence-corrected chi connectivity index (χ4v) is 4.46. The minimum absolute atomic E-state index is 0.0433. The largest absolute Gasteiger partial charge is 0.351 e. The summed E-state index contributed by atoms with van der Waals surface area (Å²) in [5.41, 5.74) is 1.02. The molecule has 1 aromatic heterocycles. The number of carbonyl (C=O) groups excluding carboxylic acids is 2. The normalized spacial score (nSPS) is 17.3. The molecule has 2 amide bonds. The molecule has 132 valence electrons. The molecule has 25 heavy (non-hydrogen) atoms. The Labute approximate surface area is 160 Å². The molecule has 1 saturated heterocycles. The van der Waals surface area contributed by atoms with Crippen molar-refractivity contribution in [2.45, 2.75) is 25.8 Å². The van der Waals surface area contributed by atoms with Gasteiger partial charge in [-0.25, -0.2) is 0 Å². The van der Waals surface area contributed by atoms with Crippen LogP contribution in [0.5, 0.6) is 0 Å². The van der Waals surface area contributed by atoms with Crippen LogP contribution in [0.4, 0.5) is 0 Å². The van der Waals surface area contributed by atoms with Gasteiger partial charge in [0.2, 0.25) is 11.8 Å². The zero-order chi connectivity index (χ0) is 17.6. The quantitative estimate of drug-likeness (QED) is 0.802. The molecule has 1 aliphatic heterocycles. The van der Waals surface area contributed by atoms with Crippen LogP contribution in [0.25, 0.3) is 0 Å². The van der Waals surface area contributed by atoms with Gasteiger partial charge in [-0.15, -0.1) is 11.3 Å². The Kier molecular flexibility index (Phi) is 6.26. The number of hydrogen-bond donors (Lipinski definition) is 1. The van der Waals surface area contributed by atoms with Crippen molar-refractivity contribution in [2.24, 2.45) is 5.92 Å². The van der Waals surface area contributed by atoms with Gasteiger partial charge in [0.15, 0.2) is 0 Å². The summed E-state index contributed by atoms with van der Waals surface area (Å²) < 4.78 is 1.04.